The Morgan fingerprint density at radius 3 is 2.31 bits per heavy atom. The first-order chi connectivity index (χ1) is 17.0. The molecule has 36 heavy (non-hydrogen) atoms. The average molecular weight is 610 g/mol. The van der Waals surface area contributed by atoms with E-state index in [2.05, 4.69) is 21.2 Å². The SMILES string of the molecule is Cc1ccc(S(=O)(=O)Oc2ccc(Br)cc2/C=C2\C(=O)NC(=O)N(c3ccc(Cl)c(Cl)c3)C2=O)cc1. The maximum absolute atomic E-state index is 13.2. The number of urea groups is 1. The quantitative estimate of drug-likeness (QED) is 0.232. The lowest BCUT2D eigenvalue weighted by molar-refractivity contribution is -0.122. The van der Waals surface area contributed by atoms with Gasteiger partial charge >= 0.3 is 16.1 Å². The third-order valence-corrected chi connectivity index (χ3v) is 7.52. The van der Waals surface area contributed by atoms with E-state index in [1.807, 2.05) is 6.92 Å². The molecule has 0 atom stereocenters. The van der Waals surface area contributed by atoms with Gasteiger partial charge < -0.3 is 4.18 Å². The van der Waals surface area contributed by atoms with Crippen molar-refractivity contribution in [2.45, 2.75) is 11.8 Å². The molecular weight excluding hydrogens is 595 g/mol. The number of imide groups is 2. The average Bonchev–Trinajstić information content (AvgIpc) is 2.80. The second kappa shape index (κ2) is 10.1. The minimum atomic E-state index is -4.23. The highest BCUT2D eigenvalue weighted by atomic mass is 79.9. The first-order valence-corrected chi connectivity index (χ1v) is 13.1. The Hall–Kier alpha value is -3.18. The number of amides is 4. The number of carbonyl (C=O) groups is 3. The molecule has 1 heterocycles. The Morgan fingerprint density at radius 2 is 1.64 bits per heavy atom. The summed E-state index contributed by atoms with van der Waals surface area (Å²) in [5.41, 5.74) is 0.613. The number of aryl methyl sites for hydroxylation is 1. The Bertz CT molecular complexity index is 1560. The predicted molar refractivity (Wildman–Crippen MR) is 139 cm³/mol. The molecule has 0 aromatic heterocycles. The number of hydrogen-bond acceptors (Lipinski definition) is 6. The molecular formula is C24H15BrCl2N2O6S. The van der Waals surface area contributed by atoms with Crippen LogP contribution in [0.5, 0.6) is 5.75 Å². The number of anilines is 1. The van der Waals surface area contributed by atoms with Crippen LogP contribution in [0.25, 0.3) is 6.08 Å². The Kier molecular flexibility index (Phi) is 7.24. The van der Waals surface area contributed by atoms with Gasteiger partial charge in [-0.1, -0.05) is 56.8 Å². The molecule has 0 aliphatic carbocycles. The van der Waals surface area contributed by atoms with Crippen LogP contribution < -0.4 is 14.4 Å². The fourth-order valence-corrected chi connectivity index (χ4v) is 4.88. The van der Waals surface area contributed by atoms with E-state index in [9.17, 15) is 22.8 Å². The van der Waals surface area contributed by atoms with Crippen LogP contribution in [-0.2, 0) is 19.7 Å². The molecule has 1 aliphatic heterocycles. The molecule has 1 fully saturated rings. The van der Waals surface area contributed by atoms with Gasteiger partial charge in [0.2, 0.25) is 0 Å². The van der Waals surface area contributed by atoms with Gasteiger partial charge in [-0.3, -0.25) is 14.9 Å². The van der Waals surface area contributed by atoms with Crippen LogP contribution in [-0.4, -0.2) is 26.3 Å². The van der Waals surface area contributed by atoms with E-state index in [4.69, 9.17) is 27.4 Å². The molecule has 1 saturated heterocycles. The summed E-state index contributed by atoms with van der Waals surface area (Å²) >= 11 is 15.2. The van der Waals surface area contributed by atoms with Gasteiger partial charge in [0.05, 0.1) is 15.7 Å². The van der Waals surface area contributed by atoms with Gasteiger partial charge in [0, 0.05) is 10.0 Å². The van der Waals surface area contributed by atoms with E-state index in [1.165, 1.54) is 48.5 Å². The lowest BCUT2D eigenvalue weighted by Crippen LogP contribution is -2.54. The van der Waals surface area contributed by atoms with Gasteiger partial charge in [-0.05, 0) is 61.5 Å². The molecule has 184 valence electrons. The smallest absolute Gasteiger partial charge is 0.339 e. The molecule has 4 rings (SSSR count). The summed E-state index contributed by atoms with van der Waals surface area (Å²) < 4.78 is 31.5. The molecule has 1 aliphatic rings. The molecule has 3 aromatic rings. The summed E-state index contributed by atoms with van der Waals surface area (Å²) in [7, 11) is -4.23. The van der Waals surface area contributed by atoms with Gasteiger partial charge in [-0.15, -0.1) is 0 Å². The number of carbonyl (C=O) groups excluding carboxylic acids is 3. The number of rotatable bonds is 5. The van der Waals surface area contributed by atoms with Gasteiger partial charge in [-0.25, -0.2) is 9.69 Å². The summed E-state index contributed by atoms with van der Waals surface area (Å²) in [6.07, 6.45) is 1.14. The molecule has 0 bridgehead atoms. The van der Waals surface area contributed by atoms with Crippen molar-refractivity contribution < 1.29 is 27.0 Å². The van der Waals surface area contributed by atoms with E-state index in [0.717, 1.165) is 16.5 Å². The van der Waals surface area contributed by atoms with Crippen molar-refractivity contribution in [2.24, 2.45) is 0 Å². The topological polar surface area (TPSA) is 110 Å². The van der Waals surface area contributed by atoms with Crippen LogP contribution >= 0.6 is 39.1 Å². The highest BCUT2D eigenvalue weighted by Crippen LogP contribution is 2.32. The number of nitrogens with zero attached hydrogens (tertiary/aromatic N) is 1. The molecule has 1 N–H and O–H groups in total. The maximum atomic E-state index is 13.2. The van der Waals surface area contributed by atoms with Gasteiger partial charge in [0.15, 0.2) is 0 Å². The minimum absolute atomic E-state index is 0.0718. The fraction of sp³-hybridized carbons (Fsp3) is 0.0417. The molecule has 12 heteroatoms. The van der Waals surface area contributed by atoms with Crippen molar-refractivity contribution in [1.82, 2.24) is 5.32 Å². The van der Waals surface area contributed by atoms with Crippen molar-refractivity contribution in [2.75, 3.05) is 4.90 Å². The number of nitrogens with one attached hydrogen (secondary N) is 1. The second-order valence-electron chi connectivity index (χ2n) is 7.59. The monoisotopic (exact) mass is 608 g/mol. The van der Waals surface area contributed by atoms with E-state index in [0.29, 0.717) is 4.47 Å². The zero-order valence-electron chi connectivity index (χ0n) is 18.3. The van der Waals surface area contributed by atoms with E-state index >= 15 is 0 Å². The van der Waals surface area contributed by atoms with Crippen molar-refractivity contribution in [3.63, 3.8) is 0 Å². The van der Waals surface area contributed by atoms with Crippen LogP contribution in [0.4, 0.5) is 10.5 Å². The van der Waals surface area contributed by atoms with Crippen LogP contribution in [0.3, 0.4) is 0 Å². The third kappa shape index (κ3) is 5.31. The van der Waals surface area contributed by atoms with Crippen LogP contribution in [0.15, 0.2) is 75.6 Å². The summed E-state index contributed by atoms with van der Waals surface area (Å²) in [4.78, 5) is 38.9. The standard InChI is InChI=1S/C24H15BrCl2N2O6S/c1-13-2-6-17(7-3-13)36(33,34)35-21-9-4-15(25)10-14(21)11-18-22(30)28-24(32)29(23(18)31)16-5-8-19(26)20(27)12-16/h2-12H,1H3,(H,28,30,32)/b18-11+. The van der Waals surface area contributed by atoms with E-state index in [1.54, 1.807) is 12.1 Å². The summed E-state index contributed by atoms with van der Waals surface area (Å²) in [5.74, 6) is -2.05. The van der Waals surface area contributed by atoms with E-state index in [-0.39, 0.29) is 31.9 Å². The summed E-state index contributed by atoms with van der Waals surface area (Å²) in [6.45, 7) is 1.81. The molecule has 4 amide bonds. The molecule has 0 unspecified atom stereocenters. The molecule has 8 nitrogen and oxygen atoms in total. The number of hydrogen-bond donors (Lipinski definition) is 1. The zero-order valence-corrected chi connectivity index (χ0v) is 22.2. The first-order valence-electron chi connectivity index (χ1n) is 10.1. The van der Waals surface area contributed by atoms with Crippen LogP contribution in [0, 0.1) is 6.92 Å². The number of halogens is 3. The second-order valence-corrected chi connectivity index (χ2v) is 10.9. The molecule has 0 spiro atoms. The van der Waals surface area contributed by atoms with Crippen molar-refractivity contribution in [3.05, 3.63) is 91.9 Å². The maximum Gasteiger partial charge on any atom is 0.339 e. The highest BCUT2D eigenvalue weighted by Gasteiger charge is 2.37. The molecule has 0 radical (unpaired) electrons. The van der Waals surface area contributed by atoms with Crippen LogP contribution in [0.1, 0.15) is 11.1 Å². The summed E-state index contributed by atoms with van der Waals surface area (Å²) in [5, 5.41) is 2.40. The minimum Gasteiger partial charge on any atom is -0.378 e. The van der Waals surface area contributed by atoms with Crippen molar-refractivity contribution in [1.29, 1.82) is 0 Å². The normalized spacial score (nSPS) is 15.3. The van der Waals surface area contributed by atoms with Crippen LogP contribution in [0.2, 0.25) is 10.0 Å². The first kappa shape index (κ1) is 25.9. The van der Waals surface area contributed by atoms with E-state index < -0.39 is 33.5 Å². The number of barbiturate groups is 1. The zero-order chi connectivity index (χ0) is 26.2. The van der Waals surface area contributed by atoms with Gasteiger partial charge in [0.25, 0.3) is 11.8 Å². The largest absolute Gasteiger partial charge is 0.378 e. The van der Waals surface area contributed by atoms with Crippen molar-refractivity contribution >= 4 is 78.9 Å². The lowest BCUT2D eigenvalue weighted by Gasteiger charge is -2.26. The Labute approximate surface area is 224 Å². The summed E-state index contributed by atoms with van der Waals surface area (Å²) in [6, 6.07) is 13.5. The Morgan fingerprint density at radius 1 is 0.944 bits per heavy atom. The molecule has 0 saturated carbocycles. The lowest BCUT2D eigenvalue weighted by atomic mass is 10.1. The third-order valence-electron chi connectivity index (χ3n) is 5.04. The Balaban J connectivity index is 1.75. The molecule has 3 aromatic carbocycles. The number of benzene rings is 3. The fourth-order valence-electron chi connectivity index (χ4n) is 3.25. The van der Waals surface area contributed by atoms with Gasteiger partial charge in [-0.2, -0.15) is 8.42 Å². The van der Waals surface area contributed by atoms with Gasteiger partial charge in [0.1, 0.15) is 16.2 Å². The highest BCUT2D eigenvalue weighted by molar-refractivity contribution is 9.10. The van der Waals surface area contributed by atoms with Crippen molar-refractivity contribution in [3.8, 4) is 5.75 Å². The predicted octanol–water partition coefficient (Wildman–Crippen LogP) is 5.50.